The molecule has 0 N–H and O–H groups in total. The molecule has 1 heterocycles. The highest BCUT2D eigenvalue weighted by molar-refractivity contribution is 6.33. The second-order valence-electron chi connectivity index (χ2n) is 5.92. The quantitative estimate of drug-likeness (QED) is 0.309. The fraction of sp³-hybridized carbons (Fsp3) is 0. The van der Waals surface area contributed by atoms with Crippen LogP contribution >= 0.6 is 11.6 Å². The fourth-order valence-corrected chi connectivity index (χ4v) is 2.88. The minimum atomic E-state index is -0.489. The summed E-state index contributed by atoms with van der Waals surface area (Å²) >= 11 is 5.99. The average Bonchev–Trinajstić information content (AvgIpc) is 2.69. The van der Waals surface area contributed by atoms with Gasteiger partial charge >= 0.3 is 5.63 Å². The van der Waals surface area contributed by atoms with Gasteiger partial charge in [0, 0.05) is 11.8 Å². The van der Waals surface area contributed by atoms with E-state index in [0.29, 0.717) is 33.2 Å². The number of fused-ring (bicyclic) bond motifs is 1. The summed E-state index contributed by atoms with van der Waals surface area (Å²) in [5, 5.41) is 0.983. The molecular formula is C22H13ClFNO3. The van der Waals surface area contributed by atoms with Crippen molar-refractivity contribution in [3.63, 3.8) is 0 Å². The van der Waals surface area contributed by atoms with Crippen molar-refractivity contribution in [2.75, 3.05) is 0 Å². The molecule has 138 valence electrons. The molecule has 4 rings (SSSR count). The van der Waals surface area contributed by atoms with E-state index >= 15 is 0 Å². The third-order valence-electron chi connectivity index (χ3n) is 4.02. The van der Waals surface area contributed by atoms with Crippen molar-refractivity contribution in [2.45, 2.75) is 0 Å². The monoisotopic (exact) mass is 393 g/mol. The SMILES string of the molecule is O=c1cc(Oc2ccc(N=Cc3c(F)cccc3Cl)cc2)c2ccccc2o1. The maximum absolute atomic E-state index is 13.8. The highest BCUT2D eigenvalue weighted by atomic mass is 35.5. The smallest absolute Gasteiger partial charge is 0.339 e. The molecule has 0 saturated heterocycles. The number of nitrogens with zero attached hydrogens (tertiary/aromatic N) is 1. The Morgan fingerprint density at radius 2 is 1.79 bits per heavy atom. The summed E-state index contributed by atoms with van der Waals surface area (Å²) < 4.78 is 24.8. The third-order valence-corrected chi connectivity index (χ3v) is 4.35. The summed E-state index contributed by atoms with van der Waals surface area (Å²) in [5.41, 5.74) is 0.792. The van der Waals surface area contributed by atoms with E-state index in [4.69, 9.17) is 20.8 Å². The van der Waals surface area contributed by atoms with Gasteiger partial charge in [-0.05, 0) is 48.5 Å². The summed E-state index contributed by atoms with van der Waals surface area (Å²) in [4.78, 5) is 16.0. The number of aliphatic imine (C=N–C) groups is 1. The van der Waals surface area contributed by atoms with E-state index in [2.05, 4.69) is 4.99 Å². The normalized spacial score (nSPS) is 11.2. The van der Waals surface area contributed by atoms with E-state index in [9.17, 15) is 9.18 Å². The molecule has 0 unspecified atom stereocenters. The molecule has 0 fully saturated rings. The first-order chi connectivity index (χ1) is 13.6. The Hall–Kier alpha value is -3.44. The van der Waals surface area contributed by atoms with Crippen LogP contribution in [0.3, 0.4) is 0 Å². The van der Waals surface area contributed by atoms with E-state index in [-0.39, 0.29) is 5.56 Å². The van der Waals surface area contributed by atoms with Gasteiger partial charge in [0.05, 0.1) is 22.2 Å². The number of rotatable bonds is 4. The Kier molecular flexibility index (Phi) is 4.91. The van der Waals surface area contributed by atoms with Gasteiger partial charge in [0.15, 0.2) is 0 Å². The molecule has 4 aromatic rings. The molecule has 0 amide bonds. The predicted octanol–water partition coefficient (Wildman–Crippen LogP) is 6.13. The Bertz CT molecular complexity index is 1210. The van der Waals surface area contributed by atoms with Gasteiger partial charge in [0.1, 0.15) is 22.9 Å². The summed E-state index contributed by atoms with van der Waals surface area (Å²) in [6.07, 6.45) is 1.38. The van der Waals surface area contributed by atoms with Crippen LogP contribution in [0.15, 0.2) is 87.0 Å². The number of hydrogen-bond donors (Lipinski definition) is 0. The van der Waals surface area contributed by atoms with Gasteiger partial charge in [-0.3, -0.25) is 4.99 Å². The summed E-state index contributed by atoms with van der Waals surface area (Å²) in [5.74, 6) is 0.492. The van der Waals surface area contributed by atoms with Crippen LogP contribution in [0.2, 0.25) is 5.02 Å². The second kappa shape index (κ2) is 7.66. The number of ether oxygens (including phenoxy) is 1. The minimum Gasteiger partial charge on any atom is -0.456 e. The number of benzene rings is 3. The van der Waals surface area contributed by atoms with E-state index in [1.54, 1.807) is 42.5 Å². The van der Waals surface area contributed by atoms with Gasteiger partial charge in [-0.1, -0.05) is 29.8 Å². The standard InChI is InChI=1S/C22H13ClFNO3/c23-18-5-3-6-19(24)17(18)13-25-14-8-10-15(11-9-14)27-21-12-22(26)28-20-7-2-1-4-16(20)21/h1-13H. The number of hydrogen-bond acceptors (Lipinski definition) is 4. The lowest BCUT2D eigenvalue weighted by atomic mass is 10.2. The van der Waals surface area contributed by atoms with Gasteiger partial charge < -0.3 is 9.15 Å². The maximum Gasteiger partial charge on any atom is 0.339 e. The topological polar surface area (TPSA) is 51.8 Å². The Balaban J connectivity index is 1.58. The zero-order chi connectivity index (χ0) is 19.5. The zero-order valence-electron chi connectivity index (χ0n) is 14.4. The summed E-state index contributed by atoms with van der Waals surface area (Å²) in [6, 6.07) is 19.7. The lowest BCUT2D eigenvalue weighted by molar-refractivity contribution is 0.475. The van der Waals surface area contributed by atoms with Crippen LogP contribution in [0, 0.1) is 5.82 Å². The molecule has 0 bridgehead atoms. The van der Waals surface area contributed by atoms with Crippen molar-refractivity contribution in [1.29, 1.82) is 0 Å². The maximum atomic E-state index is 13.8. The van der Waals surface area contributed by atoms with E-state index in [0.717, 1.165) is 0 Å². The Morgan fingerprint density at radius 1 is 1.00 bits per heavy atom. The molecule has 6 heteroatoms. The van der Waals surface area contributed by atoms with Crippen molar-refractivity contribution in [1.82, 2.24) is 0 Å². The molecular weight excluding hydrogens is 381 g/mol. The van der Waals surface area contributed by atoms with E-state index in [1.807, 2.05) is 12.1 Å². The lowest BCUT2D eigenvalue weighted by Gasteiger charge is -2.08. The van der Waals surface area contributed by atoms with Gasteiger partial charge in [-0.25, -0.2) is 9.18 Å². The number of para-hydroxylation sites is 1. The Labute approximate surface area is 164 Å². The molecule has 0 spiro atoms. The van der Waals surface area contributed by atoms with E-state index in [1.165, 1.54) is 24.4 Å². The molecule has 4 nitrogen and oxygen atoms in total. The molecule has 0 aliphatic heterocycles. The van der Waals surface area contributed by atoms with E-state index < -0.39 is 11.4 Å². The minimum absolute atomic E-state index is 0.229. The van der Waals surface area contributed by atoms with Gasteiger partial charge in [0.2, 0.25) is 0 Å². The lowest BCUT2D eigenvalue weighted by Crippen LogP contribution is -1.98. The van der Waals surface area contributed by atoms with Crippen LogP contribution in [0.1, 0.15) is 5.56 Å². The third kappa shape index (κ3) is 3.80. The molecule has 0 saturated carbocycles. The first-order valence-corrected chi connectivity index (χ1v) is 8.77. The van der Waals surface area contributed by atoms with Crippen LogP contribution < -0.4 is 10.4 Å². The highest BCUT2D eigenvalue weighted by Crippen LogP contribution is 2.29. The van der Waals surface area contributed by atoms with Crippen LogP contribution in [-0.4, -0.2) is 6.21 Å². The largest absolute Gasteiger partial charge is 0.456 e. The molecule has 0 radical (unpaired) electrons. The highest BCUT2D eigenvalue weighted by Gasteiger charge is 2.08. The first-order valence-electron chi connectivity index (χ1n) is 8.39. The van der Waals surface area contributed by atoms with Crippen molar-refractivity contribution in [3.05, 3.63) is 99.6 Å². The first kappa shape index (κ1) is 17.9. The molecule has 0 aliphatic rings. The van der Waals surface area contributed by atoms with Crippen LogP contribution in [-0.2, 0) is 0 Å². The average molecular weight is 394 g/mol. The predicted molar refractivity (Wildman–Crippen MR) is 108 cm³/mol. The second-order valence-corrected chi connectivity index (χ2v) is 6.32. The molecule has 0 atom stereocenters. The van der Waals surface area contributed by atoms with Crippen molar-refractivity contribution >= 4 is 34.5 Å². The zero-order valence-corrected chi connectivity index (χ0v) is 15.2. The van der Waals surface area contributed by atoms with Gasteiger partial charge in [0.25, 0.3) is 0 Å². The van der Waals surface area contributed by atoms with Crippen molar-refractivity contribution < 1.29 is 13.5 Å². The van der Waals surface area contributed by atoms with Crippen molar-refractivity contribution in [2.24, 2.45) is 4.99 Å². The molecule has 0 aliphatic carbocycles. The van der Waals surface area contributed by atoms with Crippen LogP contribution in [0.5, 0.6) is 11.5 Å². The molecule has 28 heavy (non-hydrogen) atoms. The van der Waals surface area contributed by atoms with Gasteiger partial charge in [-0.15, -0.1) is 0 Å². The van der Waals surface area contributed by atoms with Crippen LogP contribution in [0.4, 0.5) is 10.1 Å². The van der Waals surface area contributed by atoms with Crippen LogP contribution in [0.25, 0.3) is 11.0 Å². The summed E-state index contributed by atoms with van der Waals surface area (Å²) in [7, 11) is 0. The molecule has 1 aromatic heterocycles. The van der Waals surface area contributed by atoms with Crippen molar-refractivity contribution in [3.8, 4) is 11.5 Å². The summed E-state index contributed by atoms with van der Waals surface area (Å²) in [6.45, 7) is 0. The Morgan fingerprint density at radius 3 is 2.57 bits per heavy atom. The fourth-order valence-electron chi connectivity index (χ4n) is 2.67. The molecule has 3 aromatic carbocycles. The number of halogens is 2. The van der Waals surface area contributed by atoms with Gasteiger partial charge in [-0.2, -0.15) is 0 Å².